The fourth-order valence-corrected chi connectivity index (χ4v) is 2.86. The molecule has 0 fully saturated rings. The van der Waals surface area contributed by atoms with Crippen molar-refractivity contribution in [3.05, 3.63) is 58.6 Å². The number of hydrogen-bond acceptors (Lipinski definition) is 4. The number of carbonyl (C=O) groups is 2. The van der Waals surface area contributed by atoms with E-state index >= 15 is 0 Å². The summed E-state index contributed by atoms with van der Waals surface area (Å²) in [5.41, 5.74) is 6.37. The Morgan fingerprint density at radius 2 is 2.08 bits per heavy atom. The van der Waals surface area contributed by atoms with Gasteiger partial charge in [-0.1, -0.05) is 29.8 Å². The molecule has 1 aliphatic rings. The Balaban J connectivity index is 1.64. The Labute approximate surface area is 149 Å². The predicted octanol–water partition coefficient (Wildman–Crippen LogP) is 2.46. The molecule has 1 unspecified atom stereocenters. The van der Waals surface area contributed by atoms with Gasteiger partial charge in [0.2, 0.25) is 0 Å². The molecular formula is C18H17ClN2O4. The van der Waals surface area contributed by atoms with Crippen molar-refractivity contribution in [2.24, 2.45) is 5.73 Å². The highest BCUT2D eigenvalue weighted by molar-refractivity contribution is 6.31. The van der Waals surface area contributed by atoms with Gasteiger partial charge in [0, 0.05) is 17.0 Å². The molecule has 2 amide bonds. The van der Waals surface area contributed by atoms with Crippen molar-refractivity contribution in [2.75, 3.05) is 13.2 Å². The number of amides is 2. The third kappa shape index (κ3) is 4.03. The number of ether oxygens (including phenoxy) is 2. The number of halogens is 1. The summed E-state index contributed by atoms with van der Waals surface area (Å²) >= 11 is 5.85. The van der Waals surface area contributed by atoms with Gasteiger partial charge in [-0.2, -0.15) is 0 Å². The lowest BCUT2D eigenvalue weighted by molar-refractivity contribution is -0.124. The maximum Gasteiger partial charge on any atom is 0.258 e. The van der Waals surface area contributed by atoms with Crippen LogP contribution in [0.25, 0.3) is 0 Å². The van der Waals surface area contributed by atoms with Crippen LogP contribution in [-0.4, -0.2) is 25.0 Å². The molecule has 25 heavy (non-hydrogen) atoms. The zero-order chi connectivity index (χ0) is 17.8. The summed E-state index contributed by atoms with van der Waals surface area (Å²) in [6.45, 7) is 0.299. The Hall–Kier alpha value is -2.73. The van der Waals surface area contributed by atoms with E-state index in [9.17, 15) is 9.59 Å². The highest BCUT2D eigenvalue weighted by atomic mass is 35.5. The van der Waals surface area contributed by atoms with E-state index < -0.39 is 5.91 Å². The molecule has 0 radical (unpaired) electrons. The van der Waals surface area contributed by atoms with Gasteiger partial charge in [-0.3, -0.25) is 9.59 Å². The molecule has 0 saturated carbocycles. The van der Waals surface area contributed by atoms with Crippen LogP contribution in [0.2, 0.25) is 5.02 Å². The standard InChI is InChI=1S/C18H17ClN2O4/c19-11-5-6-16(13(9-11)18(20)23)25-10-17(22)21-14-7-8-24-15-4-2-1-3-12(14)15/h1-6,9,14H,7-8,10H2,(H2,20,23)(H,21,22). The van der Waals surface area contributed by atoms with Gasteiger partial charge in [-0.25, -0.2) is 0 Å². The normalized spacial score (nSPS) is 15.6. The number of primary amides is 1. The largest absolute Gasteiger partial charge is 0.493 e. The number of rotatable bonds is 5. The molecule has 1 aliphatic heterocycles. The van der Waals surface area contributed by atoms with Crippen LogP contribution in [0, 0.1) is 0 Å². The minimum Gasteiger partial charge on any atom is -0.493 e. The van der Waals surface area contributed by atoms with Gasteiger partial charge in [-0.05, 0) is 24.3 Å². The molecule has 1 atom stereocenters. The number of benzene rings is 2. The summed E-state index contributed by atoms with van der Waals surface area (Å²) in [4.78, 5) is 23.7. The van der Waals surface area contributed by atoms with Crippen molar-refractivity contribution in [3.63, 3.8) is 0 Å². The van der Waals surface area contributed by atoms with Crippen LogP contribution in [0.4, 0.5) is 0 Å². The molecule has 0 saturated heterocycles. The fourth-order valence-electron chi connectivity index (χ4n) is 2.69. The second kappa shape index (κ2) is 7.44. The summed E-state index contributed by atoms with van der Waals surface area (Å²) in [6, 6.07) is 11.9. The molecule has 2 aromatic rings. The number of fused-ring (bicyclic) bond motifs is 1. The van der Waals surface area contributed by atoms with Crippen LogP contribution in [0.15, 0.2) is 42.5 Å². The molecular weight excluding hydrogens is 344 g/mol. The number of nitrogens with one attached hydrogen (secondary N) is 1. The molecule has 0 aliphatic carbocycles. The first-order valence-electron chi connectivity index (χ1n) is 7.78. The monoisotopic (exact) mass is 360 g/mol. The molecule has 3 rings (SSSR count). The second-order valence-electron chi connectivity index (χ2n) is 5.59. The van der Waals surface area contributed by atoms with Gasteiger partial charge in [0.05, 0.1) is 18.2 Å². The SMILES string of the molecule is NC(=O)c1cc(Cl)ccc1OCC(=O)NC1CCOc2ccccc21. The van der Waals surface area contributed by atoms with Crippen molar-refractivity contribution in [1.82, 2.24) is 5.32 Å². The fraction of sp³-hybridized carbons (Fsp3) is 0.222. The van der Waals surface area contributed by atoms with Crippen LogP contribution < -0.4 is 20.5 Å². The number of nitrogens with two attached hydrogens (primary N) is 1. The average Bonchev–Trinajstić information content (AvgIpc) is 2.61. The maximum atomic E-state index is 12.2. The van der Waals surface area contributed by atoms with E-state index in [1.54, 1.807) is 6.07 Å². The third-order valence-electron chi connectivity index (χ3n) is 3.86. The molecule has 0 aromatic heterocycles. The molecule has 130 valence electrons. The highest BCUT2D eigenvalue weighted by Crippen LogP contribution is 2.31. The van der Waals surface area contributed by atoms with Crippen molar-refractivity contribution in [2.45, 2.75) is 12.5 Å². The first-order chi connectivity index (χ1) is 12.0. The van der Waals surface area contributed by atoms with Crippen molar-refractivity contribution in [1.29, 1.82) is 0 Å². The van der Waals surface area contributed by atoms with Crippen molar-refractivity contribution < 1.29 is 19.1 Å². The minimum atomic E-state index is -0.670. The van der Waals surface area contributed by atoms with Crippen LogP contribution in [0.1, 0.15) is 28.4 Å². The van der Waals surface area contributed by atoms with Crippen LogP contribution in [0.3, 0.4) is 0 Å². The van der Waals surface area contributed by atoms with E-state index in [2.05, 4.69) is 5.32 Å². The Kier molecular flexibility index (Phi) is 5.09. The summed E-state index contributed by atoms with van der Waals surface area (Å²) in [6.07, 6.45) is 0.677. The second-order valence-corrected chi connectivity index (χ2v) is 6.02. The maximum absolute atomic E-state index is 12.2. The van der Waals surface area contributed by atoms with E-state index in [1.807, 2.05) is 24.3 Å². The zero-order valence-electron chi connectivity index (χ0n) is 13.3. The van der Waals surface area contributed by atoms with Gasteiger partial charge in [-0.15, -0.1) is 0 Å². The predicted molar refractivity (Wildman–Crippen MR) is 92.9 cm³/mol. The van der Waals surface area contributed by atoms with Crippen molar-refractivity contribution >= 4 is 23.4 Å². The number of carbonyl (C=O) groups excluding carboxylic acids is 2. The Bertz CT molecular complexity index is 809. The zero-order valence-corrected chi connectivity index (χ0v) is 14.1. The molecule has 7 heteroatoms. The van der Waals surface area contributed by atoms with Crippen LogP contribution >= 0.6 is 11.6 Å². The Morgan fingerprint density at radius 3 is 2.88 bits per heavy atom. The molecule has 3 N–H and O–H groups in total. The quantitative estimate of drug-likeness (QED) is 0.856. The molecule has 1 heterocycles. The molecule has 0 bridgehead atoms. The highest BCUT2D eigenvalue weighted by Gasteiger charge is 2.23. The van der Waals surface area contributed by atoms with E-state index in [4.69, 9.17) is 26.8 Å². The van der Waals surface area contributed by atoms with Gasteiger partial charge < -0.3 is 20.5 Å². The van der Waals surface area contributed by atoms with Gasteiger partial charge in [0.15, 0.2) is 6.61 Å². The molecule has 2 aromatic carbocycles. The first-order valence-corrected chi connectivity index (χ1v) is 8.15. The van der Waals surface area contributed by atoms with E-state index in [-0.39, 0.29) is 29.9 Å². The van der Waals surface area contributed by atoms with E-state index in [0.717, 1.165) is 11.3 Å². The molecule has 6 nitrogen and oxygen atoms in total. The van der Waals surface area contributed by atoms with Crippen LogP contribution in [-0.2, 0) is 4.79 Å². The number of hydrogen-bond donors (Lipinski definition) is 2. The summed E-state index contributed by atoms with van der Waals surface area (Å²) in [7, 11) is 0. The lowest BCUT2D eigenvalue weighted by Crippen LogP contribution is -2.35. The van der Waals surface area contributed by atoms with Crippen LogP contribution in [0.5, 0.6) is 11.5 Å². The van der Waals surface area contributed by atoms with Gasteiger partial charge in [0.1, 0.15) is 11.5 Å². The van der Waals surface area contributed by atoms with E-state index in [0.29, 0.717) is 18.1 Å². The third-order valence-corrected chi connectivity index (χ3v) is 4.09. The lowest BCUT2D eigenvalue weighted by atomic mass is 10.0. The average molecular weight is 361 g/mol. The minimum absolute atomic E-state index is 0.136. The first kappa shape index (κ1) is 17.1. The van der Waals surface area contributed by atoms with Crippen molar-refractivity contribution in [3.8, 4) is 11.5 Å². The molecule has 0 spiro atoms. The topological polar surface area (TPSA) is 90.7 Å². The smallest absolute Gasteiger partial charge is 0.258 e. The van der Waals surface area contributed by atoms with E-state index in [1.165, 1.54) is 12.1 Å². The van der Waals surface area contributed by atoms with Gasteiger partial charge in [0.25, 0.3) is 11.8 Å². The van der Waals surface area contributed by atoms with Gasteiger partial charge >= 0.3 is 0 Å². The lowest BCUT2D eigenvalue weighted by Gasteiger charge is -2.26. The summed E-state index contributed by atoms with van der Waals surface area (Å²) in [5, 5.41) is 3.28. The summed E-state index contributed by atoms with van der Waals surface area (Å²) < 4.78 is 11.0. The summed E-state index contributed by atoms with van der Waals surface area (Å²) in [5.74, 6) is 0.0245. The Morgan fingerprint density at radius 1 is 1.28 bits per heavy atom. The number of para-hydroxylation sites is 1.